The molecular weight excluding hydrogens is 434 g/mol. The van der Waals surface area contributed by atoms with E-state index in [1.807, 2.05) is 30.3 Å². The molecule has 1 heterocycles. The van der Waals surface area contributed by atoms with E-state index in [4.69, 9.17) is 16.6 Å². The third-order valence-corrected chi connectivity index (χ3v) is 6.60. The SMILES string of the molecule is C=c1cccc/c1=C/C=C(\C)c1cc(CCc2ccc(Cl)cc2)c2c(ccc3ccccc32)n1. The number of benzene rings is 4. The van der Waals surface area contributed by atoms with Crippen molar-refractivity contribution >= 4 is 51.5 Å². The maximum Gasteiger partial charge on any atom is 0.0718 e. The summed E-state index contributed by atoms with van der Waals surface area (Å²) in [5, 5.41) is 6.65. The number of aryl methyl sites for hydroxylation is 2. The van der Waals surface area contributed by atoms with E-state index in [1.165, 1.54) is 27.3 Å². The Kier molecular flexibility index (Phi) is 6.29. The Balaban J connectivity index is 1.62. The first-order chi connectivity index (χ1) is 16.6. The molecule has 0 amide bonds. The van der Waals surface area contributed by atoms with E-state index in [2.05, 4.69) is 86.3 Å². The highest BCUT2D eigenvalue weighted by molar-refractivity contribution is 6.30. The van der Waals surface area contributed by atoms with E-state index in [1.54, 1.807) is 0 Å². The van der Waals surface area contributed by atoms with Crippen LogP contribution in [0, 0.1) is 0 Å². The molecule has 0 saturated heterocycles. The van der Waals surface area contributed by atoms with Gasteiger partial charge in [-0.25, -0.2) is 4.98 Å². The third kappa shape index (κ3) is 4.66. The summed E-state index contributed by atoms with van der Waals surface area (Å²) in [6.45, 7) is 6.25. The molecule has 4 aromatic carbocycles. The topological polar surface area (TPSA) is 12.9 Å². The summed E-state index contributed by atoms with van der Waals surface area (Å²) in [7, 11) is 0. The Morgan fingerprint density at radius 1 is 0.882 bits per heavy atom. The Hall–Kier alpha value is -3.68. The molecule has 0 aliphatic rings. The van der Waals surface area contributed by atoms with Crippen molar-refractivity contribution in [2.45, 2.75) is 19.8 Å². The monoisotopic (exact) mass is 459 g/mol. The highest BCUT2D eigenvalue weighted by atomic mass is 35.5. The fourth-order valence-electron chi connectivity index (χ4n) is 4.42. The van der Waals surface area contributed by atoms with Gasteiger partial charge < -0.3 is 0 Å². The first kappa shape index (κ1) is 22.1. The second kappa shape index (κ2) is 9.67. The molecule has 1 nitrogen and oxygen atoms in total. The molecule has 0 aliphatic carbocycles. The maximum atomic E-state index is 6.09. The van der Waals surface area contributed by atoms with Crippen molar-refractivity contribution in [2.75, 3.05) is 0 Å². The van der Waals surface area contributed by atoms with Crippen LogP contribution >= 0.6 is 11.6 Å². The predicted octanol–water partition coefficient (Wildman–Crippen LogP) is 7.12. The molecule has 0 fully saturated rings. The minimum Gasteiger partial charge on any atom is -0.248 e. The lowest BCUT2D eigenvalue weighted by Crippen LogP contribution is -2.21. The highest BCUT2D eigenvalue weighted by Gasteiger charge is 2.11. The van der Waals surface area contributed by atoms with Crippen molar-refractivity contribution < 1.29 is 0 Å². The van der Waals surface area contributed by atoms with Gasteiger partial charge in [0.1, 0.15) is 0 Å². The number of allylic oxidation sites excluding steroid dienone is 2. The van der Waals surface area contributed by atoms with E-state index < -0.39 is 0 Å². The smallest absolute Gasteiger partial charge is 0.0718 e. The van der Waals surface area contributed by atoms with E-state index >= 15 is 0 Å². The van der Waals surface area contributed by atoms with Gasteiger partial charge in [-0.2, -0.15) is 0 Å². The van der Waals surface area contributed by atoms with E-state index in [0.29, 0.717) is 0 Å². The minimum absolute atomic E-state index is 0.771. The Bertz CT molecular complexity index is 1630. The molecule has 0 spiro atoms. The highest BCUT2D eigenvalue weighted by Crippen LogP contribution is 2.30. The van der Waals surface area contributed by atoms with Crippen molar-refractivity contribution in [3.63, 3.8) is 0 Å². The van der Waals surface area contributed by atoms with Crippen LogP contribution in [0.4, 0.5) is 0 Å². The zero-order valence-corrected chi connectivity index (χ0v) is 20.0. The molecule has 0 unspecified atom stereocenters. The van der Waals surface area contributed by atoms with Crippen molar-refractivity contribution in [3.05, 3.63) is 129 Å². The normalized spacial score (nSPS) is 12.5. The Labute approximate surface area is 205 Å². The van der Waals surface area contributed by atoms with Crippen molar-refractivity contribution in [2.24, 2.45) is 0 Å². The summed E-state index contributed by atoms with van der Waals surface area (Å²) >= 11 is 6.09. The van der Waals surface area contributed by atoms with E-state index in [-0.39, 0.29) is 0 Å². The molecule has 0 bridgehead atoms. The summed E-state index contributed by atoms with van der Waals surface area (Å²) in [4.78, 5) is 5.07. The minimum atomic E-state index is 0.771. The molecule has 5 rings (SSSR count). The standard InChI is InChI=1S/C32H26ClN/c1-22-7-3-4-8-25(22)15-11-23(2)31-21-27(16-12-24-13-18-28(33)19-14-24)32-29-10-6-5-9-26(29)17-20-30(32)34-31/h3-11,13-15,17-21H,1,12,16H2,2H3/b23-11+,25-15-. The van der Waals surface area contributed by atoms with Gasteiger partial charge in [-0.15, -0.1) is 0 Å². The summed E-state index contributed by atoms with van der Waals surface area (Å²) in [6, 6.07) is 31.5. The van der Waals surface area contributed by atoms with Crippen LogP contribution in [0.25, 0.3) is 39.9 Å². The average molecular weight is 460 g/mol. The number of halogens is 1. The first-order valence-electron chi connectivity index (χ1n) is 11.6. The van der Waals surface area contributed by atoms with Gasteiger partial charge in [0.15, 0.2) is 0 Å². The molecule has 0 N–H and O–H groups in total. The number of hydrogen-bond donors (Lipinski definition) is 0. The van der Waals surface area contributed by atoms with Gasteiger partial charge in [0.25, 0.3) is 0 Å². The lowest BCUT2D eigenvalue weighted by Gasteiger charge is -2.13. The number of pyridine rings is 1. The molecule has 34 heavy (non-hydrogen) atoms. The van der Waals surface area contributed by atoms with Crippen LogP contribution < -0.4 is 10.4 Å². The summed E-state index contributed by atoms with van der Waals surface area (Å²) in [5.41, 5.74) is 5.77. The number of rotatable bonds is 5. The zero-order chi connectivity index (χ0) is 23.5. The number of hydrogen-bond acceptors (Lipinski definition) is 1. The second-order valence-electron chi connectivity index (χ2n) is 8.69. The van der Waals surface area contributed by atoms with Gasteiger partial charge in [0.2, 0.25) is 0 Å². The van der Waals surface area contributed by atoms with Crippen LogP contribution in [-0.2, 0) is 12.8 Å². The van der Waals surface area contributed by atoms with Crippen molar-refractivity contribution in [3.8, 4) is 0 Å². The van der Waals surface area contributed by atoms with Gasteiger partial charge in [-0.3, -0.25) is 0 Å². The molecule has 0 aliphatic heterocycles. The molecule has 0 atom stereocenters. The quantitative estimate of drug-likeness (QED) is 0.255. The lowest BCUT2D eigenvalue weighted by molar-refractivity contribution is 0.966. The zero-order valence-electron chi connectivity index (χ0n) is 19.3. The van der Waals surface area contributed by atoms with Crippen LogP contribution in [0.1, 0.15) is 23.7 Å². The van der Waals surface area contributed by atoms with Crippen LogP contribution in [0.15, 0.2) is 97.1 Å². The number of nitrogens with zero attached hydrogens (tertiary/aromatic N) is 1. The molecular formula is C32H26ClN. The Morgan fingerprint density at radius 2 is 1.65 bits per heavy atom. The van der Waals surface area contributed by atoms with Gasteiger partial charge in [0.05, 0.1) is 11.2 Å². The average Bonchev–Trinajstić information content (AvgIpc) is 2.87. The van der Waals surface area contributed by atoms with Gasteiger partial charge in [-0.1, -0.05) is 97.1 Å². The van der Waals surface area contributed by atoms with E-state index in [9.17, 15) is 0 Å². The lowest BCUT2D eigenvalue weighted by atomic mass is 9.95. The van der Waals surface area contributed by atoms with Crippen LogP contribution in [0.5, 0.6) is 0 Å². The fraction of sp³-hybridized carbons (Fsp3) is 0.0938. The van der Waals surface area contributed by atoms with Crippen molar-refractivity contribution in [1.29, 1.82) is 0 Å². The Morgan fingerprint density at radius 3 is 2.47 bits per heavy atom. The number of fused-ring (bicyclic) bond motifs is 3. The largest absolute Gasteiger partial charge is 0.248 e. The number of aromatic nitrogens is 1. The van der Waals surface area contributed by atoms with Gasteiger partial charge >= 0.3 is 0 Å². The first-order valence-corrected chi connectivity index (χ1v) is 11.9. The molecule has 166 valence electrons. The fourth-order valence-corrected chi connectivity index (χ4v) is 4.54. The van der Waals surface area contributed by atoms with Crippen LogP contribution in [0.2, 0.25) is 5.02 Å². The van der Waals surface area contributed by atoms with Gasteiger partial charge in [-0.05, 0) is 81.9 Å². The molecule has 0 saturated carbocycles. The van der Waals surface area contributed by atoms with Crippen LogP contribution in [-0.4, -0.2) is 4.98 Å². The molecule has 1 aromatic heterocycles. The summed E-state index contributed by atoms with van der Waals surface area (Å²) in [5.74, 6) is 0. The summed E-state index contributed by atoms with van der Waals surface area (Å²) in [6.07, 6.45) is 6.14. The second-order valence-corrected chi connectivity index (χ2v) is 9.13. The van der Waals surface area contributed by atoms with Gasteiger partial charge in [0, 0.05) is 10.4 Å². The maximum absolute atomic E-state index is 6.09. The van der Waals surface area contributed by atoms with E-state index in [0.717, 1.165) is 45.1 Å². The van der Waals surface area contributed by atoms with Crippen molar-refractivity contribution in [1.82, 2.24) is 4.98 Å². The molecule has 0 radical (unpaired) electrons. The molecule has 5 aromatic rings. The third-order valence-electron chi connectivity index (χ3n) is 6.35. The molecule has 2 heteroatoms. The van der Waals surface area contributed by atoms with Crippen LogP contribution in [0.3, 0.4) is 0 Å². The summed E-state index contributed by atoms with van der Waals surface area (Å²) < 4.78 is 0. The predicted molar refractivity (Wildman–Crippen MR) is 147 cm³/mol.